The molecule has 1 aliphatic rings. The number of nitrogens with one attached hydrogen (secondary N) is 1. The largest absolute Gasteiger partial charge is 0.469 e. The fourth-order valence-corrected chi connectivity index (χ4v) is 0.737. The molecule has 0 aromatic rings. The van der Waals surface area contributed by atoms with Crippen LogP contribution in [0.3, 0.4) is 0 Å². The van der Waals surface area contributed by atoms with Gasteiger partial charge in [-0.15, -0.1) is 0 Å². The zero-order valence-corrected chi connectivity index (χ0v) is 6.36. The van der Waals surface area contributed by atoms with Crippen LogP contribution in [0.15, 0.2) is 36.3 Å². The molecule has 0 bridgehead atoms. The van der Waals surface area contributed by atoms with Crippen LogP contribution >= 0.6 is 0 Å². The van der Waals surface area contributed by atoms with Gasteiger partial charge in [-0.3, -0.25) is 10.0 Å². The van der Waals surface area contributed by atoms with Gasteiger partial charge in [0.25, 0.3) is 5.91 Å². The highest BCUT2D eigenvalue weighted by Crippen LogP contribution is 2.07. The summed E-state index contributed by atoms with van der Waals surface area (Å²) >= 11 is 0. The summed E-state index contributed by atoms with van der Waals surface area (Å²) in [7, 11) is 0. The van der Waals surface area contributed by atoms with Crippen LogP contribution in [0.2, 0.25) is 0 Å². The van der Waals surface area contributed by atoms with Crippen LogP contribution in [0.1, 0.15) is 6.42 Å². The quantitative estimate of drug-likeness (QED) is 0.473. The Labute approximate surface area is 69.8 Å². The van der Waals surface area contributed by atoms with E-state index in [-0.39, 0.29) is 6.42 Å². The maximum absolute atomic E-state index is 10.7. The van der Waals surface area contributed by atoms with Crippen LogP contribution in [0.5, 0.6) is 0 Å². The third-order valence-corrected chi connectivity index (χ3v) is 1.26. The minimum atomic E-state index is -0.495. The highest BCUT2D eigenvalue weighted by atomic mass is 16.5. The molecule has 12 heavy (non-hydrogen) atoms. The lowest BCUT2D eigenvalue weighted by Crippen LogP contribution is -2.18. The van der Waals surface area contributed by atoms with Gasteiger partial charge in [0.05, 0.1) is 12.7 Å². The molecule has 1 aliphatic heterocycles. The fourth-order valence-electron chi connectivity index (χ4n) is 0.737. The summed E-state index contributed by atoms with van der Waals surface area (Å²) in [6.45, 7) is 0. The van der Waals surface area contributed by atoms with Crippen LogP contribution in [0, 0.1) is 0 Å². The predicted octanol–water partition coefficient (Wildman–Crippen LogP) is 0.866. The molecule has 0 radical (unpaired) electrons. The molecule has 0 spiro atoms. The van der Waals surface area contributed by atoms with E-state index in [1.165, 1.54) is 11.7 Å². The molecule has 0 saturated carbocycles. The van der Waals surface area contributed by atoms with Gasteiger partial charge in [0.15, 0.2) is 0 Å². The van der Waals surface area contributed by atoms with Gasteiger partial charge in [0.2, 0.25) is 0 Å². The van der Waals surface area contributed by atoms with Crippen LogP contribution in [0.25, 0.3) is 0 Å². The van der Waals surface area contributed by atoms with E-state index in [1.807, 2.05) is 0 Å². The monoisotopic (exact) mass is 167 g/mol. The Balaban J connectivity index is 2.52. The highest BCUT2D eigenvalue weighted by molar-refractivity contribution is 5.76. The summed E-state index contributed by atoms with van der Waals surface area (Å²) in [5.74, 6) is -0.00324. The Morgan fingerprint density at radius 3 is 3.08 bits per heavy atom. The number of amides is 1. The van der Waals surface area contributed by atoms with Crippen LogP contribution in [-0.2, 0) is 9.53 Å². The summed E-state index contributed by atoms with van der Waals surface area (Å²) in [6, 6.07) is 0. The third-order valence-electron chi connectivity index (χ3n) is 1.26. The zero-order valence-electron chi connectivity index (χ0n) is 6.36. The molecule has 0 saturated heterocycles. The Hall–Kier alpha value is -1.55. The third kappa shape index (κ3) is 2.59. The second kappa shape index (κ2) is 4.35. The topological polar surface area (TPSA) is 58.6 Å². The van der Waals surface area contributed by atoms with E-state index in [9.17, 15) is 4.79 Å². The Kier molecular flexibility index (Phi) is 3.10. The van der Waals surface area contributed by atoms with Crippen molar-refractivity contribution in [3.63, 3.8) is 0 Å². The van der Waals surface area contributed by atoms with Gasteiger partial charge in [0, 0.05) is 0 Å². The molecule has 2 N–H and O–H groups in total. The molecule has 64 valence electrons. The zero-order chi connectivity index (χ0) is 8.81. The number of carbonyl (C=O) groups is 1. The maximum atomic E-state index is 10.7. The van der Waals surface area contributed by atoms with E-state index in [0.29, 0.717) is 5.76 Å². The number of allylic oxidation sites excluding steroid dienone is 4. The number of rotatable bonds is 2. The van der Waals surface area contributed by atoms with Crippen molar-refractivity contribution in [3.05, 3.63) is 36.3 Å². The normalized spacial score (nSPS) is 14.6. The van der Waals surface area contributed by atoms with Gasteiger partial charge in [-0.25, -0.2) is 5.48 Å². The van der Waals surface area contributed by atoms with Crippen molar-refractivity contribution >= 4 is 5.91 Å². The summed E-state index contributed by atoms with van der Waals surface area (Å²) < 4.78 is 5.02. The van der Waals surface area contributed by atoms with Crippen LogP contribution in [0.4, 0.5) is 0 Å². The summed E-state index contributed by atoms with van der Waals surface area (Å²) in [4.78, 5) is 10.7. The number of hydrogen-bond donors (Lipinski definition) is 2. The SMILES string of the molecule is O=C(CC1=CC=CC=CO1)NO. The van der Waals surface area contributed by atoms with E-state index < -0.39 is 5.91 Å². The molecule has 0 atom stereocenters. The summed E-state index contributed by atoms with van der Waals surface area (Å²) in [5, 5.41) is 8.22. The molecule has 0 aliphatic carbocycles. The lowest BCUT2D eigenvalue weighted by atomic mass is 10.3. The Morgan fingerprint density at radius 2 is 2.33 bits per heavy atom. The minimum Gasteiger partial charge on any atom is -0.469 e. The van der Waals surface area contributed by atoms with Crippen molar-refractivity contribution < 1.29 is 14.7 Å². The lowest BCUT2D eigenvalue weighted by molar-refractivity contribution is -0.128. The van der Waals surface area contributed by atoms with Crippen LogP contribution < -0.4 is 5.48 Å². The Morgan fingerprint density at radius 1 is 1.50 bits per heavy atom. The van der Waals surface area contributed by atoms with E-state index >= 15 is 0 Å². The number of hydrogen-bond acceptors (Lipinski definition) is 3. The molecule has 4 nitrogen and oxygen atoms in total. The minimum absolute atomic E-state index is 0.0329. The molecule has 1 rings (SSSR count). The molecule has 0 aromatic heterocycles. The van der Waals surface area contributed by atoms with Crippen molar-refractivity contribution in [2.45, 2.75) is 6.42 Å². The second-order valence-corrected chi connectivity index (χ2v) is 2.18. The number of carbonyl (C=O) groups excluding carboxylic acids is 1. The Bertz CT molecular complexity index is 253. The predicted molar refractivity (Wildman–Crippen MR) is 42.0 cm³/mol. The van der Waals surface area contributed by atoms with Crippen molar-refractivity contribution in [1.82, 2.24) is 5.48 Å². The van der Waals surface area contributed by atoms with Gasteiger partial charge in [0.1, 0.15) is 5.76 Å². The first-order chi connectivity index (χ1) is 5.83. The van der Waals surface area contributed by atoms with Crippen molar-refractivity contribution in [2.24, 2.45) is 0 Å². The first-order valence-electron chi connectivity index (χ1n) is 3.45. The molecule has 1 heterocycles. The van der Waals surface area contributed by atoms with Gasteiger partial charge in [-0.1, -0.05) is 12.2 Å². The second-order valence-electron chi connectivity index (χ2n) is 2.18. The van der Waals surface area contributed by atoms with Gasteiger partial charge >= 0.3 is 0 Å². The molecular formula is C8H9NO3. The molecular weight excluding hydrogens is 158 g/mol. The fraction of sp³-hybridized carbons (Fsp3) is 0.125. The van der Waals surface area contributed by atoms with Gasteiger partial charge in [-0.05, 0) is 12.2 Å². The summed E-state index contributed by atoms with van der Waals surface area (Å²) in [6.07, 6.45) is 8.41. The molecule has 1 amide bonds. The van der Waals surface area contributed by atoms with Gasteiger partial charge in [-0.2, -0.15) is 0 Å². The molecule has 0 unspecified atom stereocenters. The standard InChI is InChI=1S/C8H9NO3/c10-8(9-11)6-7-4-2-1-3-5-12-7/h1-5,11H,6H2,(H,9,10). The maximum Gasteiger partial charge on any atom is 0.250 e. The first-order valence-corrected chi connectivity index (χ1v) is 3.45. The van der Waals surface area contributed by atoms with E-state index in [2.05, 4.69) is 0 Å². The molecule has 0 fully saturated rings. The van der Waals surface area contributed by atoms with Crippen molar-refractivity contribution in [2.75, 3.05) is 0 Å². The number of hydroxylamine groups is 1. The lowest BCUT2D eigenvalue weighted by Gasteiger charge is -2.02. The van der Waals surface area contributed by atoms with Crippen molar-refractivity contribution in [1.29, 1.82) is 0 Å². The smallest absolute Gasteiger partial charge is 0.250 e. The van der Waals surface area contributed by atoms with E-state index in [4.69, 9.17) is 9.94 Å². The van der Waals surface area contributed by atoms with E-state index in [1.54, 1.807) is 24.3 Å². The number of ether oxygens (including phenoxy) is 1. The van der Waals surface area contributed by atoms with Crippen molar-refractivity contribution in [3.8, 4) is 0 Å². The highest BCUT2D eigenvalue weighted by Gasteiger charge is 2.04. The molecule has 4 heteroatoms. The van der Waals surface area contributed by atoms with Gasteiger partial charge < -0.3 is 4.74 Å². The first kappa shape index (κ1) is 8.55. The average Bonchev–Trinajstić information content (AvgIpc) is 2.33. The summed E-state index contributed by atoms with van der Waals surface area (Å²) in [5.41, 5.74) is 1.52. The van der Waals surface area contributed by atoms with Crippen LogP contribution in [-0.4, -0.2) is 11.1 Å². The molecule has 0 aromatic carbocycles. The van der Waals surface area contributed by atoms with E-state index in [0.717, 1.165) is 0 Å². The average molecular weight is 167 g/mol.